The monoisotopic (exact) mass is 403 g/mol. The van der Waals surface area contributed by atoms with E-state index >= 15 is 0 Å². The number of carbonyl (C=O) groups excluding carboxylic acids is 1. The van der Waals surface area contributed by atoms with Gasteiger partial charge in [0.1, 0.15) is 18.1 Å². The van der Waals surface area contributed by atoms with Crippen LogP contribution in [0.1, 0.15) is 41.8 Å². The zero-order chi connectivity index (χ0) is 21.3. The van der Waals surface area contributed by atoms with Gasteiger partial charge in [-0.25, -0.2) is 0 Å². The first kappa shape index (κ1) is 21.4. The molecule has 0 aliphatic rings. The maximum absolute atomic E-state index is 13.2. The van der Waals surface area contributed by atoms with E-state index in [-0.39, 0.29) is 11.9 Å². The van der Waals surface area contributed by atoms with Crippen LogP contribution in [0.25, 0.3) is 0 Å². The second-order valence-electron chi connectivity index (χ2n) is 7.34. The third-order valence-corrected chi connectivity index (χ3v) is 5.22. The Morgan fingerprint density at radius 3 is 2.27 bits per heavy atom. The molecule has 0 N–H and O–H groups in total. The summed E-state index contributed by atoms with van der Waals surface area (Å²) in [6.07, 6.45) is 0.881. The molecule has 0 heterocycles. The van der Waals surface area contributed by atoms with E-state index in [1.165, 1.54) is 0 Å². The van der Waals surface area contributed by atoms with Crippen LogP contribution < -0.4 is 9.47 Å². The average molecular weight is 404 g/mol. The van der Waals surface area contributed by atoms with E-state index in [1.54, 1.807) is 7.11 Å². The maximum atomic E-state index is 13.2. The molecule has 0 aliphatic heterocycles. The average Bonchev–Trinajstić information content (AvgIpc) is 2.81. The second-order valence-corrected chi connectivity index (χ2v) is 7.34. The number of hydrogen-bond donors (Lipinski definition) is 0. The van der Waals surface area contributed by atoms with Crippen molar-refractivity contribution in [3.8, 4) is 11.5 Å². The molecule has 0 aromatic heterocycles. The maximum Gasteiger partial charge on any atom is 0.254 e. The van der Waals surface area contributed by atoms with Crippen LogP contribution in [-0.4, -0.2) is 24.0 Å². The standard InChI is InChI=1S/C26H29NO3/c1-4-20(2)27(26(28)23-13-15-24(29-3)16-14-23)18-22-11-8-12-25(17-22)30-19-21-9-6-5-7-10-21/h5-17,20H,4,18-19H2,1-3H3. The van der Waals surface area contributed by atoms with Crippen molar-refractivity contribution >= 4 is 5.91 Å². The lowest BCUT2D eigenvalue weighted by Crippen LogP contribution is -2.37. The highest BCUT2D eigenvalue weighted by Gasteiger charge is 2.21. The predicted molar refractivity (Wildman–Crippen MR) is 120 cm³/mol. The molecule has 156 valence electrons. The van der Waals surface area contributed by atoms with Gasteiger partial charge in [-0.2, -0.15) is 0 Å². The molecule has 1 unspecified atom stereocenters. The van der Waals surface area contributed by atoms with E-state index in [2.05, 4.69) is 13.8 Å². The summed E-state index contributed by atoms with van der Waals surface area (Å²) in [6.45, 7) is 5.22. The van der Waals surface area contributed by atoms with Gasteiger partial charge < -0.3 is 14.4 Å². The third kappa shape index (κ3) is 5.63. The largest absolute Gasteiger partial charge is 0.497 e. The van der Waals surface area contributed by atoms with E-state index in [1.807, 2.05) is 83.8 Å². The predicted octanol–water partition coefficient (Wildman–Crippen LogP) is 5.72. The summed E-state index contributed by atoms with van der Waals surface area (Å²) in [5.74, 6) is 1.56. The lowest BCUT2D eigenvalue weighted by Gasteiger charge is -2.29. The third-order valence-electron chi connectivity index (χ3n) is 5.22. The summed E-state index contributed by atoms with van der Waals surface area (Å²) in [6, 6.07) is 25.4. The van der Waals surface area contributed by atoms with Crippen molar-refractivity contribution in [1.29, 1.82) is 0 Å². The minimum Gasteiger partial charge on any atom is -0.497 e. The molecule has 0 saturated carbocycles. The molecule has 4 heteroatoms. The molecule has 0 fully saturated rings. The number of benzene rings is 3. The molecule has 0 saturated heterocycles. The lowest BCUT2D eigenvalue weighted by atomic mass is 10.1. The fraction of sp³-hybridized carbons (Fsp3) is 0.269. The molecule has 0 bridgehead atoms. The summed E-state index contributed by atoms with van der Waals surface area (Å²) in [5, 5.41) is 0. The molecule has 0 aliphatic carbocycles. The van der Waals surface area contributed by atoms with Crippen LogP contribution in [0.4, 0.5) is 0 Å². The molecular weight excluding hydrogens is 374 g/mol. The highest BCUT2D eigenvalue weighted by atomic mass is 16.5. The molecule has 3 aromatic rings. The smallest absolute Gasteiger partial charge is 0.254 e. The van der Waals surface area contributed by atoms with Crippen molar-refractivity contribution in [3.05, 3.63) is 95.6 Å². The zero-order valence-corrected chi connectivity index (χ0v) is 17.9. The minimum atomic E-state index is 0.0163. The fourth-order valence-corrected chi connectivity index (χ4v) is 3.22. The van der Waals surface area contributed by atoms with Crippen molar-refractivity contribution in [3.63, 3.8) is 0 Å². The van der Waals surface area contributed by atoms with Gasteiger partial charge >= 0.3 is 0 Å². The second kappa shape index (κ2) is 10.5. The number of ether oxygens (including phenoxy) is 2. The van der Waals surface area contributed by atoms with Gasteiger partial charge in [-0.15, -0.1) is 0 Å². The molecule has 1 amide bonds. The van der Waals surface area contributed by atoms with Crippen LogP contribution >= 0.6 is 0 Å². The Morgan fingerprint density at radius 2 is 1.60 bits per heavy atom. The lowest BCUT2D eigenvalue weighted by molar-refractivity contribution is 0.0671. The quantitative estimate of drug-likeness (QED) is 0.459. The molecule has 1 atom stereocenters. The van der Waals surface area contributed by atoms with Crippen LogP contribution in [0.15, 0.2) is 78.9 Å². The van der Waals surface area contributed by atoms with Crippen LogP contribution in [0.3, 0.4) is 0 Å². The molecular formula is C26H29NO3. The van der Waals surface area contributed by atoms with Gasteiger partial charge in [0.15, 0.2) is 0 Å². The Bertz CT molecular complexity index is 938. The van der Waals surface area contributed by atoms with Gasteiger partial charge in [-0.3, -0.25) is 4.79 Å². The molecule has 0 spiro atoms. The first-order chi connectivity index (χ1) is 14.6. The van der Waals surface area contributed by atoms with Crippen molar-refractivity contribution in [2.24, 2.45) is 0 Å². The number of amides is 1. The van der Waals surface area contributed by atoms with Gasteiger partial charge in [-0.1, -0.05) is 49.4 Å². The van der Waals surface area contributed by atoms with Crippen LogP contribution in [0.2, 0.25) is 0 Å². The van der Waals surface area contributed by atoms with Crippen molar-refractivity contribution in [2.45, 2.75) is 39.5 Å². The topological polar surface area (TPSA) is 38.8 Å². The van der Waals surface area contributed by atoms with Crippen molar-refractivity contribution in [1.82, 2.24) is 4.90 Å². The van der Waals surface area contributed by atoms with E-state index in [4.69, 9.17) is 9.47 Å². The molecule has 0 radical (unpaired) electrons. The first-order valence-corrected chi connectivity index (χ1v) is 10.3. The van der Waals surface area contributed by atoms with Crippen molar-refractivity contribution in [2.75, 3.05) is 7.11 Å². The number of methoxy groups -OCH3 is 1. The SMILES string of the molecule is CCC(C)N(Cc1cccc(OCc2ccccc2)c1)C(=O)c1ccc(OC)cc1. The van der Waals surface area contributed by atoms with Gasteiger partial charge in [0.25, 0.3) is 5.91 Å². The highest BCUT2D eigenvalue weighted by Crippen LogP contribution is 2.21. The Kier molecular flexibility index (Phi) is 7.50. The van der Waals surface area contributed by atoms with Gasteiger partial charge in [-0.05, 0) is 60.9 Å². The summed E-state index contributed by atoms with van der Waals surface area (Å²) >= 11 is 0. The molecule has 4 nitrogen and oxygen atoms in total. The normalized spacial score (nSPS) is 11.6. The number of rotatable bonds is 9. The molecule has 3 rings (SSSR count). The number of hydrogen-bond acceptors (Lipinski definition) is 3. The van der Waals surface area contributed by atoms with Crippen LogP contribution in [0, 0.1) is 0 Å². The molecule has 30 heavy (non-hydrogen) atoms. The molecule has 3 aromatic carbocycles. The van der Waals surface area contributed by atoms with E-state index in [0.717, 1.165) is 29.0 Å². The van der Waals surface area contributed by atoms with E-state index < -0.39 is 0 Å². The summed E-state index contributed by atoms with van der Waals surface area (Å²) < 4.78 is 11.2. The summed E-state index contributed by atoms with van der Waals surface area (Å²) in [5.41, 5.74) is 2.83. The zero-order valence-electron chi connectivity index (χ0n) is 17.9. The summed E-state index contributed by atoms with van der Waals surface area (Å²) in [7, 11) is 1.62. The Morgan fingerprint density at radius 1 is 0.900 bits per heavy atom. The van der Waals surface area contributed by atoms with Crippen LogP contribution in [0.5, 0.6) is 11.5 Å². The summed E-state index contributed by atoms with van der Waals surface area (Å²) in [4.78, 5) is 15.1. The van der Waals surface area contributed by atoms with Gasteiger partial charge in [0.05, 0.1) is 7.11 Å². The Labute approximate surface area is 179 Å². The fourth-order valence-electron chi connectivity index (χ4n) is 3.22. The Balaban J connectivity index is 1.73. The number of carbonyl (C=O) groups is 1. The first-order valence-electron chi connectivity index (χ1n) is 10.3. The van der Waals surface area contributed by atoms with Gasteiger partial charge in [0.2, 0.25) is 0 Å². The Hall–Kier alpha value is -3.27. The highest BCUT2D eigenvalue weighted by molar-refractivity contribution is 5.94. The minimum absolute atomic E-state index is 0.0163. The van der Waals surface area contributed by atoms with Crippen molar-refractivity contribution < 1.29 is 14.3 Å². The van der Waals surface area contributed by atoms with E-state index in [9.17, 15) is 4.79 Å². The van der Waals surface area contributed by atoms with Gasteiger partial charge in [0, 0.05) is 18.2 Å². The number of nitrogens with zero attached hydrogens (tertiary/aromatic N) is 1. The van der Waals surface area contributed by atoms with Crippen LogP contribution in [-0.2, 0) is 13.2 Å². The van der Waals surface area contributed by atoms with E-state index in [0.29, 0.717) is 18.7 Å².